The van der Waals surface area contributed by atoms with Crippen LogP contribution in [0.25, 0.3) is 11.0 Å². The minimum Gasteiger partial charge on any atom is -0.345 e. The van der Waals surface area contributed by atoms with E-state index in [-0.39, 0.29) is 17.9 Å². The lowest BCUT2D eigenvalue weighted by Crippen LogP contribution is -2.27. The minimum absolute atomic E-state index is 0.0296. The molecule has 0 radical (unpaired) electrons. The van der Waals surface area contributed by atoms with Gasteiger partial charge in [0.2, 0.25) is 5.91 Å². The van der Waals surface area contributed by atoms with E-state index >= 15 is 0 Å². The Hall–Kier alpha value is -3.22. The van der Waals surface area contributed by atoms with Crippen LogP contribution in [-0.4, -0.2) is 26.6 Å². The lowest BCUT2D eigenvalue weighted by Gasteiger charge is -2.16. The molecule has 2 heterocycles. The lowest BCUT2D eigenvalue weighted by atomic mass is 10.1. The summed E-state index contributed by atoms with van der Waals surface area (Å²) in [7, 11) is 1.82. The van der Waals surface area contributed by atoms with Gasteiger partial charge in [-0.25, -0.2) is 4.98 Å². The third-order valence-corrected chi connectivity index (χ3v) is 4.70. The summed E-state index contributed by atoms with van der Waals surface area (Å²) < 4.78 is 1.70. The molecule has 0 aliphatic heterocycles. The normalized spacial score (nSPS) is 12.0. The van der Waals surface area contributed by atoms with Gasteiger partial charge in [-0.2, -0.15) is 5.10 Å². The zero-order chi connectivity index (χ0) is 20.4. The number of pyridine rings is 1. The van der Waals surface area contributed by atoms with Crippen LogP contribution in [0.5, 0.6) is 0 Å². The van der Waals surface area contributed by atoms with Crippen LogP contribution in [0.3, 0.4) is 0 Å². The maximum Gasteiger partial charge on any atom is 0.252 e. The first-order valence-corrected chi connectivity index (χ1v) is 9.31. The second kappa shape index (κ2) is 7.80. The summed E-state index contributed by atoms with van der Waals surface area (Å²) in [5.41, 5.74) is 4.51. The average Bonchev–Trinajstić information content (AvgIpc) is 2.95. The molecule has 28 heavy (non-hydrogen) atoms. The largest absolute Gasteiger partial charge is 0.345 e. The predicted octanol–water partition coefficient (Wildman–Crippen LogP) is 3.42. The van der Waals surface area contributed by atoms with E-state index in [1.54, 1.807) is 10.7 Å². The van der Waals surface area contributed by atoms with Crippen LogP contribution in [0.2, 0.25) is 0 Å². The van der Waals surface area contributed by atoms with E-state index in [0.717, 1.165) is 28.0 Å². The second-order valence-corrected chi connectivity index (χ2v) is 6.94. The van der Waals surface area contributed by atoms with E-state index in [2.05, 4.69) is 20.7 Å². The zero-order valence-corrected chi connectivity index (χ0v) is 16.8. The summed E-state index contributed by atoms with van der Waals surface area (Å²) in [6.07, 6.45) is 0.432. The topological polar surface area (TPSA) is 88.9 Å². The van der Waals surface area contributed by atoms with Gasteiger partial charge in [0.1, 0.15) is 0 Å². The summed E-state index contributed by atoms with van der Waals surface area (Å²) >= 11 is 0. The number of nitrogens with one attached hydrogen (secondary N) is 2. The Morgan fingerprint density at radius 3 is 2.50 bits per heavy atom. The summed E-state index contributed by atoms with van der Waals surface area (Å²) in [6.45, 7) is 7.48. The number of hydrogen-bond acceptors (Lipinski definition) is 4. The molecule has 0 bridgehead atoms. The number of benzene rings is 1. The predicted molar refractivity (Wildman–Crippen MR) is 109 cm³/mol. The maximum absolute atomic E-state index is 13.0. The molecule has 2 aromatic heterocycles. The van der Waals surface area contributed by atoms with Crippen LogP contribution in [-0.2, 0) is 11.8 Å². The number of hydrogen-bond donors (Lipinski definition) is 2. The van der Waals surface area contributed by atoms with Gasteiger partial charge >= 0.3 is 0 Å². The van der Waals surface area contributed by atoms with Gasteiger partial charge in [-0.15, -0.1) is 0 Å². The van der Waals surface area contributed by atoms with E-state index in [9.17, 15) is 9.59 Å². The van der Waals surface area contributed by atoms with Crippen LogP contribution in [0.15, 0.2) is 30.3 Å². The van der Waals surface area contributed by atoms with E-state index in [1.165, 1.54) is 0 Å². The van der Waals surface area contributed by atoms with Crippen molar-refractivity contribution in [2.24, 2.45) is 7.05 Å². The quantitative estimate of drug-likeness (QED) is 0.711. The van der Waals surface area contributed by atoms with Gasteiger partial charge in [0, 0.05) is 24.8 Å². The molecule has 0 fully saturated rings. The van der Waals surface area contributed by atoms with Crippen LogP contribution < -0.4 is 10.6 Å². The van der Waals surface area contributed by atoms with Gasteiger partial charge < -0.3 is 10.6 Å². The number of nitrogens with zero attached hydrogens (tertiary/aromatic N) is 3. The van der Waals surface area contributed by atoms with Crippen LogP contribution in [0, 0.1) is 13.8 Å². The molecule has 0 saturated carbocycles. The van der Waals surface area contributed by atoms with Gasteiger partial charge in [-0.1, -0.05) is 19.1 Å². The van der Waals surface area contributed by atoms with Crippen LogP contribution in [0.4, 0.5) is 5.69 Å². The van der Waals surface area contributed by atoms with Crippen molar-refractivity contribution in [2.75, 3.05) is 5.32 Å². The Morgan fingerprint density at radius 2 is 1.86 bits per heavy atom. The molecule has 0 aliphatic carbocycles. The highest BCUT2D eigenvalue weighted by atomic mass is 16.2. The third-order valence-electron chi connectivity index (χ3n) is 4.70. The summed E-state index contributed by atoms with van der Waals surface area (Å²) in [6, 6.07) is 9.08. The molecule has 3 rings (SSSR count). The minimum atomic E-state index is -0.191. The number of carbonyl (C=O) groups is 2. The Labute approximate surface area is 164 Å². The number of carbonyl (C=O) groups excluding carboxylic acids is 2. The van der Waals surface area contributed by atoms with E-state index in [1.807, 2.05) is 59.0 Å². The number of anilines is 1. The van der Waals surface area contributed by atoms with Gasteiger partial charge in [0.15, 0.2) is 5.65 Å². The van der Waals surface area contributed by atoms with Gasteiger partial charge in [0.05, 0.1) is 22.7 Å². The highest BCUT2D eigenvalue weighted by Crippen LogP contribution is 2.23. The Kier molecular flexibility index (Phi) is 5.44. The van der Waals surface area contributed by atoms with E-state index in [0.29, 0.717) is 17.6 Å². The standard InChI is InChI=1S/C21H25N5O2/c1-6-18(27)24-16-9-7-15(8-10-16)13(3)23-21(28)17-11-12(2)22-20-19(17)14(4)25-26(20)5/h7-11,13H,6H2,1-5H3,(H,23,28)(H,24,27). The molecule has 2 amide bonds. The van der Waals surface area contributed by atoms with Crippen molar-refractivity contribution in [2.45, 2.75) is 40.2 Å². The molecular weight excluding hydrogens is 354 g/mol. The van der Waals surface area contributed by atoms with Crippen molar-refractivity contribution >= 4 is 28.5 Å². The van der Waals surface area contributed by atoms with E-state index < -0.39 is 0 Å². The molecule has 7 heteroatoms. The average molecular weight is 379 g/mol. The molecule has 0 saturated heterocycles. The Morgan fingerprint density at radius 1 is 1.18 bits per heavy atom. The first-order valence-electron chi connectivity index (χ1n) is 9.31. The molecule has 146 valence electrons. The smallest absolute Gasteiger partial charge is 0.252 e. The number of aryl methyl sites for hydroxylation is 3. The molecule has 0 aliphatic rings. The SMILES string of the molecule is CCC(=O)Nc1ccc(C(C)NC(=O)c2cc(C)nc3c2c(C)nn3C)cc1. The third kappa shape index (κ3) is 3.88. The van der Waals surface area contributed by atoms with E-state index in [4.69, 9.17) is 0 Å². The monoisotopic (exact) mass is 379 g/mol. The number of fused-ring (bicyclic) bond motifs is 1. The lowest BCUT2D eigenvalue weighted by molar-refractivity contribution is -0.115. The van der Waals surface area contributed by atoms with Crippen LogP contribution >= 0.6 is 0 Å². The molecule has 7 nitrogen and oxygen atoms in total. The van der Waals surface area contributed by atoms with Crippen molar-refractivity contribution in [1.82, 2.24) is 20.1 Å². The Bertz CT molecular complexity index is 1040. The van der Waals surface area contributed by atoms with Gasteiger partial charge in [-0.05, 0) is 44.5 Å². The molecule has 1 atom stereocenters. The Balaban J connectivity index is 1.81. The zero-order valence-electron chi connectivity index (χ0n) is 16.8. The van der Waals surface area contributed by atoms with Crippen molar-refractivity contribution in [1.29, 1.82) is 0 Å². The summed E-state index contributed by atoms with van der Waals surface area (Å²) in [5, 5.41) is 11.0. The van der Waals surface area contributed by atoms with Crippen molar-refractivity contribution in [3.05, 3.63) is 52.8 Å². The summed E-state index contributed by atoms with van der Waals surface area (Å²) in [5.74, 6) is -0.194. The first-order chi connectivity index (χ1) is 13.3. The fraction of sp³-hybridized carbons (Fsp3) is 0.333. The highest BCUT2D eigenvalue weighted by molar-refractivity contribution is 6.06. The van der Waals surface area contributed by atoms with Crippen molar-refractivity contribution in [3.8, 4) is 0 Å². The number of aromatic nitrogens is 3. The second-order valence-electron chi connectivity index (χ2n) is 6.94. The van der Waals surface area contributed by atoms with Gasteiger partial charge in [-0.3, -0.25) is 14.3 Å². The first kappa shape index (κ1) is 19.5. The number of rotatable bonds is 5. The molecular formula is C21H25N5O2. The molecule has 1 aromatic carbocycles. The van der Waals surface area contributed by atoms with Gasteiger partial charge in [0.25, 0.3) is 5.91 Å². The fourth-order valence-electron chi connectivity index (χ4n) is 3.21. The summed E-state index contributed by atoms with van der Waals surface area (Å²) in [4.78, 5) is 29.0. The molecule has 2 N–H and O–H groups in total. The number of amides is 2. The van der Waals surface area contributed by atoms with Crippen molar-refractivity contribution < 1.29 is 9.59 Å². The molecule has 3 aromatic rings. The van der Waals surface area contributed by atoms with Crippen molar-refractivity contribution in [3.63, 3.8) is 0 Å². The van der Waals surface area contributed by atoms with Crippen LogP contribution in [0.1, 0.15) is 53.6 Å². The highest BCUT2D eigenvalue weighted by Gasteiger charge is 2.19. The maximum atomic E-state index is 13.0. The fourth-order valence-corrected chi connectivity index (χ4v) is 3.21. The molecule has 0 spiro atoms. The molecule has 1 unspecified atom stereocenters.